The molecule has 1 fully saturated rings. The maximum Gasteiger partial charge on any atom is 0.0595 e. The van der Waals surface area contributed by atoms with Crippen LogP contribution in [0.25, 0.3) is 0 Å². The lowest BCUT2D eigenvalue weighted by Gasteiger charge is -2.37. The Hall–Kier alpha value is -0.900. The van der Waals surface area contributed by atoms with E-state index in [2.05, 4.69) is 36.1 Å². The van der Waals surface area contributed by atoms with Crippen molar-refractivity contribution in [2.24, 2.45) is 5.73 Å². The summed E-state index contributed by atoms with van der Waals surface area (Å²) in [4.78, 5) is 2.50. The van der Waals surface area contributed by atoms with E-state index in [1.54, 1.807) is 0 Å². The first-order valence-corrected chi connectivity index (χ1v) is 6.78. The van der Waals surface area contributed by atoms with Crippen LogP contribution in [-0.2, 0) is 4.74 Å². The SMILES string of the molecule is COC1CCN(C(CN)c2ccccc2C)CC1. The molecule has 1 saturated heterocycles. The molecule has 1 atom stereocenters. The van der Waals surface area contributed by atoms with Crippen molar-refractivity contribution in [3.05, 3.63) is 35.4 Å². The number of rotatable bonds is 4. The number of aryl methyl sites for hydroxylation is 1. The van der Waals surface area contributed by atoms with Crippen molar-refractivity contribution < 1.29 is 4.74 Å². The summed E-state index contributed by atoms with van der Waals surface area (Å²) in [6.07, 6.45) is 2.65. The summed E-state index contributed by atoms with van der Waals surface area (Å²) >= 11 is 0. The van der Waals surface area contributed by atoms with Gasteiger partial charge in [-0.3, -0.25) is 4.90 Å². The van der Waals surface area contributed by atoms with Crippen LogP contribution in [0.1, 0.15) is 30.0 Å². The quantitative estimate of drug-likeness (QED) is 0.887. The Morgan fingerprint density at radius 2 is 2.00 bits per heavy atom. The van der Waals surface area contributed by atoms with Gasteiger partial charge in [-0.2, -0.15) is 0 Å². The van der Waals surface area contributed by atoms with Crippen LogP contribution in [0.4, 0.5) is 0 Å². The summed E-state index contributed by atoms with van der Waals surface area (Å²) in [5, 5.41) is 0. The number of hydrogen-bond acceptors (Lipinski definition) is 3. The lowest BCUT2D eigenvalue weighted by molar-refractivity contribution is 0.0279. The third-order valence-corrected chi connectivity index (χ3v) is 4.02. The van der Waals surface area contributed by atoms with E-state index in [1.165, 1.54) is 11.1 Å². The lowest BCUT2D eigenvalue weighted by atomic mass is 9.97. The number of piperidine rings is 1. The summed E-state index contributed by atoms with van der Waals surface area (Å²) in [5.74, 6) is 0. The highest BCUT2D eigenvalue weighted by Gasteiger charge is 2.25. The Bertz CT molecular complexity index is 373. The normalized spacial score (nSPS) is 19.9. The van der Waals surface area contributed by atoms with Crippen molar-refractivity contribution in [2.75, 3.05) is 26.7 Å². The van der Waals surface area contributed by atoms with Gasteiger partial charge in [0.05, 0.1) is 6.10 Å². The summed E-state index contributed by atoms with van der Waals surface area (Å²) in [6, 6.07) is 8.91. The standard InChI is InChI=1S/C15H24N2O/c1-12-5-3-4-6-14(12)15(11-16)17-9-7-13(18-2)8-10-17/h3-6,13,15H,7-11,16H2,1-2H3. The van der Waals surface area contributed by atoms with Gasteiger partial charge in [0.1, 0.15) is 0 Å². The van der Waals surface area contributed by atoms with E-state index in [4.69, 9.17) is 10.5 Å². The number of hydrogen-bond donors (Lipinski definition) is 1. The van der Waals surface area contributed by atoms with Gasteiger partial charge in [0.2, 0.25) is 0 Å². The van der Waals surface area contributed by atoms with Gasteiger partial charge in [-0.15, -0.1) is 0 Å². The van der Waals surface area contributed by atoms with Crippen molar-refractivity contribution in [2.45, 2.75) is 31.9 Å². The monoisotopic (exact) mass is 248 g/mol. The average molecular weight is 248 g/mol. The highest BCUT2D eigenvalue weighted by atomic mass is 16.5. The Morgan fingerprint density at radius 3 is 2.56 bits per heavy atom. The summed E-state index contributed by atoms with van der Waals surface area (Å²) in [6.45, 7) is 5.01. The second-order valence-electron chi connectivity index (χ2n) is 5.08. The molecule has 1 aromatic rings. The maximum absolute atomic E-state index is 6.00. The first kappa shape index (κ1) is 13.5. The van der Waals surface area contributed by atoms with E-state index in [1.807, 2.05) is 7.11 Å². The Morgan fingerprint density at radius 1 is 1.33 bits per heavy atom. The van der Waals surface area contributed by atoms with Crippen LogP contribution in [0.5, 0.6) is 0 Å². The van der Waals surface area contributed by atoms with Gasteiger partial charge in [-0.05, 0) is 30.9 Å². The van der Waals surface area contributed by atoms with Gasteiger partial charge in [-0.25, -0.2) is 0 Å². The number of nitrogens with zero attached hydrogens (tertiary/aromatic N) is 1. The maximum atomic E-state index is 6.00. The molecule has 2 rings (SSSR count). The van der Waals surface area contributed by atoms with E-state index < -0.39 is 0 Å². The van der Waals surface area contributed by atoms with E-state index in [0.29, 0.717) is 18.7 Å². The van der Waals surface area contributed by atoms with Gasteiger partial charge in [-0.1, -0.05) is 24.3 Å². The molecule has 0 aliphatic carbocycles. The zero-order valence-corrected chi connectivity index (χ0v) is 11.4. The molecule has 2 N–H and O–H groups in total. The smallest absolute Gasteiger partial charge is 0.0595 e. The second-order valence-corrected chi connectivity index (χ2v) is 5.08. The molecule has 18 heavy (non-hydrogen) atoms. The number of nitrogens with two attached hydrogens (primary N) is 1. The molecule has 100 valence electrons. The van der Waals surface area contributed by atoms with Gasteiger partial charge in [0.15, 0.2) is 0 Å². The summed E-state index contributed by atoms with van der Waals surface area (Å²) < 4.78 is 5.42. The fourth-order valence-corrected chi connectivity index (χ4v) is 2.86. The fourth-order valence-electron chi connectivity index (χ4n) is 2.86. The first-order valence-electron chi connectivity index (χ1n) is 6.78. The molecule has 1 aromatic carbocycles. The second kappa shape index (κ2) is 6.32. The molecule has 0 bridgehead atoms. The van der Waals surface area contributed by atoms with E-state index >= 15 is 0 Å². The summed E-state index contributed by atoms with van der Waals surface area (Å²) in [5.41, 5.74) is 8.70. The molecule has 1 heterocycles. The third kappa shape index (κ3) is 2.91. The Balaban J connectivity index is 2.08. The molecule has 0 amide bonds. The minimum absolute atomic E-state index is 0.351. The van der Waals surface area contributed by atoms with Crippen molar-refractivity contribution in [3.63, 3.8) is 0 Å². The molecule has 3 nitrogen and oxygen atoms in total. The molecule has 1 unspecified atom stereocenters. The van der Waals surface area contributed by atoms with Crippen molar-refractivity contribution >= 4 is 0 Å². The molecule has 3 heteroatoms. The topological polar surface area (TPSA) is 38.5 Å². The van der Waals surface area contributed by atoms with Gasteiger partial charge < -0.3 is 10.5 Å². The van der Waals surface area contributed by atoms with Crippen LogP contribution >= 0.6 is 0 Å². The summed E-state index contributed by atoms with van der Waals surface area (Å²) in [7, 11) is 1.81. The zero-order chi connectivity index (χ0) is 13.0. The number of ether oxygens (including phenoxy) is 1. The van der Waals surface area contributed by atoms with Gasteiger partial charge in [0.25, 0.3) is 0 Å². The molecular weight excluding hydrogens is 224 g/mol. The van der Waals surface area contributed by atoms with Crippen LogP contribution < -0.4 is 5.73 Å². The van der Waals surface area contributed by atoms with Gasteiger partial charge in [0, 0.05) is 32.8 Å². The van der Waals surface area contributed by atoms with E-state index in [-0.39, 0.29) is 0 Å². The minimum atomic E-state index is 0.351. The molecule has 0 spiro atoms. The molecule has 0 saturated carbocycles. The highest BCUT2D eigenvalue weighted by Crippen LogP contribution is 2.26. The van der Waals surface area contributed by atoms with E-state index in [0.717, 1.165) is 25.9 Å². The third-order valence-electron chi connectivity index (χ3n) is 4.02. The zero-order valence-electron chi connectivity index (χ0n) is 11.4. The Kier molecular flexibility index (Phi) is 4.75. The fraction of sp³-hybridized carbons (Fsp3) is 0.600. The predicted molar refractivity (Wildman–Crippen MR) is 74.6 cm³/mol. The molecule has 1 aliphatic rings. The largest absolute Gasteiger partial charge is 0.381 e. The lowest BCUT2D eigenvalue weighted by Crippen LogP contribution is -2.41. The highest BCUT2D eigenvalue weighted by molar-refractivity contribution is 5.29. The predicted octanol–water partition coefficient (Wildman–Crippen LogP) is 2.11. The Labute approximate surface area is 110 Å². The van der Waals surface area contributed by atoms with Crippen LogP contribution in [0, 0.1) is 6.92 Å². The number of methoxy groups -OCH3 is 1. The minimum Gasteiger partial charge on any atom is -0.381 e. The molecule has 0 radical (unpaired) electrons. The van der Waals surface area contributed by atoms with Crippen molar-refractivity contribution in [1.29, 1.82) is 0 Å². The molecule has 0 aromatic heterocycles. The van der Waals surface area contributed by atoms with E-state index in [9.17, 15) is 0 Å². The number of likely N-dealkylation sites (tertiary alicyclic amines) is 1. The van der Waals surface area contributed by atoms with Crippen LogP contribution in [0.3, 0.4) is 0 Å². The first-order chi connectivity index (χ1) is 8.76. The van der Waals surface area contributed by atoms with Crippen molar-refractivity contribution in [3.8, 4) is 0 Å². The van der Waals surface area contributed by atoms with Gasteiger partial charge >= 0.3 is 0 Å². The molecular formula is C15H24N2O. The van der Waals surface area contributed by atoms with Crippen LogP contribution in [0.15, 0.2) is 24.3 Å². The van der Waals surface area contributed by atoms with Crippen molar-refractivity contribution in [1.82, 2.24) is 4.90 Å². The average Bonchev–Trinajstić information content (AvgIpc) is 2.42. The van der Waals surface area contributed by atoms with Crippen LogP contribution in [0.2, 0.25) is 0 Å². The molecule has 1 aliphatic heterocycles. The number of benzene rings is 1. The van der Waals surface area contributed by atoms with Crippen LogP contribution in [-0.4, -0.2) is 37.7 Å².